The highest BCUT2D eigenvalue weighted by Crippen LogP contribution is 2.38. The van der Waals surface area contributed by atoms with Crippen molar-refractivity contribution in [3.8, 4) is 17.0 Å². The zero-order chi connectivity index (χ0) is 20.4. The van der Waals surface area contributed by atoms with E-state index in [2.05, 4.69) is 9.98 Å². The fourth-order valence-electron chi connectivity index (χ4n) is 2.73. The summed E-state index contributed by atoms with van der Waals surface area (Å²) in [6.45, 7) is 3.79. The molecule has 6 nitrogen and oxygen atoms in total. The van der Waals surface area contributed by atoms with E-state index in [-0.39, 0.29) is 41.8 Å². The minimum absolute atomic E-state index is 0.139. The fraction of sp³-hybridized carbons (Fsp3) is 0.333. The van der Waals surface area contributed by atoms with Crippen LogP contribution in [0.15, 0.2) is 29.3 Å². The van der Waals surface area contributed by atoms with Crippen LogP contribution in [0.5, 0.6) is 5.75 Å². The maximum atomic E-state index is 12.9. The topological polar surface area (TPSA) is 124 Å². The molecule has 0 unspecified atom stereocenters. The highest BCUT2D eigenvalue weighted by molar-refractivity contribution is 6.02. The molecule has 1 aromatic heterocycles. The number of pyridine rings is 1. The van der Waals surface area contributed by atoms with Crippen LogP contribution in [-0.2, 0) is 6.18 Å². The standard InChI is InChI=1S/C18H22F3N5O/c1-9-5-11(18(19,20)21)6-15(27)16(9)14-4-3-13(17(24)26-14)10(2)25-12(7-22)8-23/h3-6,12,27H,7-8,22-23H2,1-2H3,(H2,24,26). The molecule has 1 heterocycles. The number of aromatic hydroxyl groups is 1. The summed E-state index contributed by atoms with van der Waals surface area (Å²) in [6, 6.07) is 4.61. The van der Waals surface area contributed by atoms with Crippen molar-refractivity contribution < 1.29 is 18.3 Å². The average Bonchev–Trinajstić information content (AvgIpc) is 2.58. The summed E-state index contributed by atoms with van der Waals surface area (Å²) in [4.78, 5) is 8.62. The molecular weight excluding hydrogens is 359 g/mol. The first-order chi connectivity index (χ1) is 12.6. The molecule has 146 valence electrons. The lowest BCUT2D eigenvalue weighted by Crippen LogP contribution is -2.28. The maximum Gasteiger partial charge on any atom is 0.416 e. The van der Waals surface area contributed by atoms with E-state index in [0.29, 0.717) is 17.3 Å². The maximum absolute atomic E-state index is 12.9. The number of aliphatic imine (C=N–C) groups is 1. The molecule has 0 aliphatic carbocycles. The van der Waals surface area contributed by atoms with Crippen LogP contribution < -0.4 is 17.2 Å². The zero-order valence-corrected chi connectivity index (χ0v) is 15.0. The summed E-state index contributed by atoms with van der Waals surface area (Å²) in [5.74, 6) is -0.376. The van der Waals surface area contributed by atoms with E-state index in [9.17, 15) is 18.3 Å². The smallest absolute Gasteiger partial charge is 0.416 e. The average molecular weight is 381 g/mol. The normalized spacial score (nSPS) is 12.7. The van der Waals surface area contributed by atoms with E-state index in [1.54, 1.807) is 19.1 Å². The molecule has 0 amide bonds. The molecule has 1 aromatic carbocycles. The third-order valence-corrected chi connectivity index (χ3v) is 4.13. The molecule has 0 fully saturated rings. The highest BCUT2D eigenvalue weighted by Gasteiger charge is 2.32. The van der Waals surface area contributed by atoms with Gasteiger partial charge < -0.3 is 22.3 Å². The fourth-order valence-corrected chi connectivity index (χ4v) is 2.73. The van der Waals surface area contributed by atoms with Gasteiger partial charge in [0.15, 0.2) is 0 Å². The van der Waals surface area contributed by atoms with Gasteiger partial charge >= 0.3 is 6.18 Å². The minimum Gasteiger partial charge on any atom is -0.507 e. The number of nitrogen functional groups attached to an aromatic ring is 1. The van der Waals surface area contributed by atoms with E-state index in [1.807, 2.05) is 0 Å². The number of phenolic OH excluding ortho intramolecular Hbond substituents is 1. The largest absolute Gasteiger partial charge is 0.507 e. The Bertz CT molecular complexity index is 838. The highest BCUT2D eigenvalue weighted by atomic mass is 19.4. The van der Waals surface area contributed by atoms with Crippen LogP contribution >= 0.6 is 0 Å². The van der Waals surface area contributed by atoms with Gasteiger partial charge in [-0.05, 0) is 43.7 Å². The first-order valence-corrected chi connectivity index (χ1v) is 8.21. The number of anilines is 1. The van der Waals surface area contributed by atoms with Crippen LogP contribution in [-0.4, -0.2) is 34.9 Å². The zero-order valence-electron chi connectivity index (χ0n) is 15.0. The molecule has 7 N–H and O–H groups in total. The SMILES string of the molecule is CC(=NC(CN)CN)c1ccc(-c2c(C)cc(C(F)(F)F)cc2O)nc1N. The lowest BCUT2D eigenvalue weighted by Gasteiger charge is -2.15. The summed E-state index contributed by atoms with van der Waals surface area (Å²) in [6.07, 6.45) is -4.55. The van der Waals surface area contributed by atoms with Gasteiger partial charge in [-0.3, -0.25) is 4.99 Å². The van der Waals surface area contributed by atoms with Crippen LogP contribution in [0.25, 0.3) is 11.3 Å². The van der Waals surface area contributed by atoms with Crippen molar-refractivity contribution in [3.05, 3.63) is 41.0 Å². The van der Waals surface area contributed by atoms with Gasteiger partial charge in [-0.2, -0.15) is 13.2 Å². The Hall–Kier alpha value is -2.65. The van der Waals surface area contributed by atoms with Gasteiger partial charge in [-0.15, -0.1) is 0 Å². The monoisotopic (exact) mass is 381 g/mol. The Morgan fingerprint density at radius 1 is 1.22 bits per heavy atom. The van der Waals surface area contributed by atoms with Crippen LogP contribution in [0.4, 0.5) is 19.0 Å². The molecular formula is C18H22F3N5O. The first-order valence-electron chi connectivity index (χ1n) is 8.21. The minimum atomic E-state index is -4.55. The van der Waals surface area contributed by atoms with Crippen LogP contribution in [0, 0.1) is 6.92 Å². The van der Waals surface area contributed by atoms with Gasteiger partial charge in [0.2, 0.25) is 0 Å². The number of hydrogen-bond donors (Lipinski definition) is 4. The van der Waals surface area contributed by atoms with Gasteiger partial charge in [0.1, 0.15) is 11.6 Å². The molecule has 0 spiro atoms. The van der Waals surface area contributed by atoms with Crippen molar-refractivity contribution in [1.29, 1.82) is 0 Å². The Morgan fingerprint density at radius 3 is 2.33 bits per heavy atom. The number of benzene rings is 1. The van der Waals surface area contributed by atoms with E-state index in [4.69, 9.17) is 17.2 Å². The number of halogens is 3. The number of alkyl halides is 3. The molecule has 0 radical (unpaired) electrons. The van der Waals surface area contributed by atoms with Gasteiger partial charge in [0.25, 0.3) is 0 Å². The molecule has 0 saturated heterocycles. The molecule has 27 heavy (non-hydrogen) atoms. The van der Waals surface area contributed by atoms with Crippen molar-refractivity contribution in [2.24, 2.45) is 16.5 Å². The van der Waals surface area contributed by atoms with Crippen molar-refractivity contribution in [2.75, 3.05) is 18.8 Å². The van der Waals surface area contributed by atoms with Crippen LogP contribution in [0.2, 0.25) is 0 Å². The van der Waals surface area contributed by atoms with Crippen molar-refractivity contribution in [2.45, 2.75) is 26.1 Å². The molecule has 0 saturated carbocycles. The lowest BCUT2D eigenvalue weighted by molar-refractivity contribution is -0.137. The number of rotatable bonds is 5. The Morgan fingerprint density at radius 2 is 1.85 bits per heavy atom. The summed E-state index contributed by atoms with van der Waals surface area (Å²) in [7, 11) is 0. The van der Waals surface area contributed by atoms with E-state index in [0.717, 1.165) is 6.07 Å². The van der Waals surface area contributed by atoms with Gasteiger partial charge in [0.05, 0.1) is 17.3 Å². The van der Waals surface area contributed by atoms with Crippen molar-refractivity contribution in [3.63, 3.8) is 0 Å². The first kappa shape index (κ1) is 20.7. The predicted molar refractivity (Wildman–Crippen MR) is 99.6 cm³/mol. The Kier molecular flexibility index (Phi) is 6.07. The molecule has 0 atom stereocenters. The molecule has 0 bridgehead atoms. The third-order valence-electron chi connectivity index (χ3n) is 4.13. The van der Waals surface area contributed by atoms with Crippen LogP contribution in [0.1, 0.15) is 23.6 Å². The van der Waals surface area contributed by atoms with E-state index < -0.39 is 17.5 Å². The summed E-state index contributed by atoms with van der Waals surface area (Å²) in [5, 5.41) is 10.1. The number of aromatic nitrogens is 1. The number of aryl methyl sites for hydroxylation is 1. The third kappa shape index (κ3) is 4.55. The van der Waals surface area contributed by atoms with Crippen molar-refractivity contribution in [1.82, 2.24) is 4.98 Å². The number of hydrogen-bond acceptors (Lipinski definition) is 6. The quantitative estimate of drug-likeness (QED) is 0.593. The van der Waals surface area contributed by atoms with Gasteiger partial charge in [-0.1, -0.05) is 0 Å². The lowest BCUT2D eigenvalue weighted by atomic mass is 9.99. The molecule has 9 heteroatoms. The second kappa shape index (κ2) is 7.93. The molecule has 0 aliphatic heterocycles. The second-order valence-electron chi connectivity index (χ2n) is 6.15. The number of nitrogens with two attached hydrogens (primary N) is 3. The molecule has 2 aromatic rings. The number of phenols is 1. The summed E-state index contributed by atoms with van der Waals surface area (Å²) < 4.78 is 38.6. The second-order valence-corrected chi connectivity index (χ2v) is 6.15. The van der Waals surface area contributed by atoms with Crippen LogP contribution in [0.3, 0.4) is 0 Å². The Balaban J connectivity index is 2.47. The number of nitrogens with zero attached hydrogens (tertiary/aromatic N) is 2. The van der Waals surface area contributed by atoms with E-state index in [1.165, 1.54) is 6.92 Å². The van der Waals surface area contributed by atoms with Gasteiger partial charge in [-0.25, -0.2) is 4.98 Å². The van der Waals surface area contributed by atoms with Gasteiger partial charge in [0, 0.05) is 29.9 Å². The molecule has 2 rings (SSSR count). The summed E-state index contributed by atoms with van der Waals surface area (Å²) >= 11 is 0. The Labute approximate surface area is 154 Å². The van der Waals surface area contributed by atoms with Crippen molar-refractivity contribution >= 4 is 11.5 Å². The van der Waals surface area contributed by atoms with E-state index >= 15 is 0 Å². The predicted octanol–water partition coefficient (Wildman–Crippen LogP) is 2.46. The summed E-state index contributed by atoms with van der Waals surface area (Å²) in [5.41, 5.74) is 18.1. The molecule has 0 aliphatic rings.